The van der Waals surface area contributed by atoms with Gasteiger partial charge < -0.3 is 15.2 Å². The van der Waals surface area contributed by atoms with Crippen LogP contribution >= 0.6 is 0 Å². The summed E-state index contributed by atoms with van der Waals surface area (Å²) in [4.78, 5) is 12.0. The Bertz CT molecular complexity index is 607. The first-order valence-corrected chi connectivity index (χ1v) is 6.22. The summed E-state index contributed by atoms with van der Waals surface area (Å²) < 4.78 is 6.65. The highest BCUT2D eigenvalue weighted by Gasteiger charge is 2.09. The number of amides is 1. The molecule has 0 spiro atoms. The molecule has 0 unspecified atom stereocenters. The van der Waals surface area contributed by atoms with E-state index in [0.717, 1.165) is 0 Å². The van der Waals surface area contributed by atoms with Gasteiger partial charge in [0, 0.05) is 18.9 Å². The van der Waals surface area contributed by atoms with Crippen molar-refractivity contribution in [1.29, 1.82) is 0 Å². The largest absolute Gasteiger partial charge is 0.508 e. The van der Waals surface area contributed by atoms with Gasteiger partial charge in [-0.2, -0.15) is 5.10 Å². The number of methoxy groups -OCH3 is 1. The number of anilines is 1. The van der Waals surface area contributed by atoms with Gasteiger partial charge in [-0.15, -0.1) is 0 Å². The lowest BCUT2D eigenvalue weighted by atomic mass is 10.1. The summed E-state index contributed by atoms with van der Waals surface area (Å²) in [6, 6.07) is 4.72. The van der Waals surface area contributed by atoms with Crippen LogP contribution in [0.15, 0.2) is 30.6 Å². The number of benzene rings is 1. The Hall–Kier alpha value is -2.34. The van der Waals surface area contributed by atoms with Crippen molar-refractivity contribution in [1.82, 2.24) is 9.78 Å². The van der Waals surface area contributed by atoms with Gasteiger partial charge in [0.05, 0.1) is 25.0 Å². The Morgan fingerprint density at radius 2 is 2.30 bits per heavy atom. The second-order valence-corrected chi connectivity index (χ2v) is 4.44. The zero-order chi connectivity index (χ0) is 14.5. The number of phenols is 1. The minimum Gasteiger partial charge on any atom is -0.508 e. The van der Waals surface area contributed by atoms with E-state index >= 15 is 0 Å². The predicted molar refractivity (Wildman–Crippen MR) is 74.9 cm³/mol. The second-order valence-electron chi connectivity index (χ2n) is 4.44. The molecule has 0 atom stereocenters. The van der Waals surface area contributed by atoms with Crippen molar-refractivity contribution in [2.75, 3.05) is 19.0 Å². The van der Waals surface area contributed by atoms with Crippen molar-refractivity contribution >= 4 is 11.6 Å². The Morgan fingerprint density at radius 1 is 1.50 bits per heavy atom. The van der Waals surface area contributed by atoms with Gasteiger partial charge in [0.15, 0.2) is 0 Å². The van der Waals surface area contributed by atoms with E-state index in [2.05, 4.69) is 10.4 Å². The molecule has 2 aromatic rings. The monoisotopic (exact) mass is 275 g/mol. The Balaban J connectivity index is 2.03. The molecule has 0 aliphatic heterocycles. The standard InChI is InChI=1S/C14H17N3O3/c1-10-7-11(3-4-13(10)18)14(19)16-12-8-15-17(9-12)5-6-20-2/h3-4,7-9,18H,5-6H2,1-2H3,(H,16,19). The number of rotatable bonds is 5. The van der Waals surface area contributed by atoms with Crippen LogP contribution in [-0.4, -0.2) is 34.5 Å². The highest BCUT2D eigenvalue weighted by molar-refractivity contribution is 6.04. The topological polar surface area (TPSA) is 76.4 Å². The highest BCUT2D eigenvalue weighted by Crippen LogP contribution is 2.18. The fourth-order valence-corrected chi connectivity index (χ4v) is 1.74. The fourth-order valence-electron chi connectivity index (χ4n) is 1.74. The number of aromatic hydroxyl groups is 1. The van der Waals surface area contributed by atoms with E-state index < -0.39 is 0 Å². The third-order valence-electron chi connectivity index (χ3n) is 2.87. The van der Waals surface area contributed by atoms with Crippen LogP contribution in [0, 0.1) is 6.92 Å². The van der Waals surface area contributed by atoms with Crippen molar-refractivity contribution in [3.8, 4) is 5.75 Å². The number of carbonyl (C=O) groups excluding carboxylic acids is 1. The number of nitrogens with zero attached hydrogens (tertiary/aromatic N) is 2. The van der Waals surface area contributed by atoms with Gasteiger partial charge in [0.2, 0.25) is 0 Å². The summed E-state index contributed by atoms with van der Waals surface area (Å²) in [7, 11) is 1.62. The molecule has 1 aromatic heterocycles. The van der Waals surface area contributed by atoms with Crippen molar-refractivity contribution in [2.45, 2.75) is 13.5 Å². The van der Waals surface area contributed by atoms with Crippen LogP contribution in [0.5, 0.6) is 5.75 Å². The van der Waals surface area contributed by atoms with Gasteiger partial charge in [-0.25, -0.2) is 0 Å². The molecule has 0 radical (unpaired) electrons. The Morgan fingerprint density at radius 3 is 3.00 bits per heavy atom. The molecule has 0 aliphatic carbocycles. The van der Waals surface area contributed by atoms with Gasteiger partial charge in [0.1, 0.15) is 5.75 Å². The van der Waals surface area contributed by atoms with Gasteiger partial charge >= 0.3 is 0 Å². The first-order valence-electron chi connectivity index (χ1n) is 6.22. The Labute approximate surface area is 117 Å². The lowest BCUT2D eigenvalue weighted by molar-refractivity contribution is 0.102. The highest BCUT2D eigenvalue weighted by atomic mass is 16.5. The molecule has 0 saturated carbocycles. The lowest BCUT2D eigenvalue weighted by Gasteiger charge is -2.04. The molecular formula is C14H17N3O3. The fraction of sp³-hybridized carbons (Fsp3) is 0.286. The molecule has 0 bridgehead atoms. The first kappa shape index (κ1) is 14.1. The van der Waals surface area contributed by atoms with Crippen LogP contribution in [0.3, 0.4) is 0 Å². The van der Waals surface area contributed by atoms with Crippen LogP contribution in [0.2, 0.25) is 0 Å². The number of hydrogen-bond donors (Lipinski definition) is 2. The van der Waals surface area contributed by atoms with E-state index in [4.69, 9.17) is 4.74 Å². The normalized spacial score (nSPS) is 10.5. The average molecular weight is 275 g/mol. The van der Waals surface area contributed by atoms with E-state index in [0.29, 0.717) is 30.0 Å². The van der Waals surface area contributed by atoms with Crippen LogP contribution in [0.1, 0.15) is 15.9 Å². The maximum absolute atomic E-state index is 12.0. The zero-order valence-corrected chi connectivity index (χ0v) is 11.5. The molecule has 1 amide bonds. The maximum Gasteiger partial charge on any atom is 0.255 e. The minimum absolute atomic E-state index is 0.175. The zero-order valence-electron chi connectivity index (χ0n) is 11.5. The van der Waals surface area contributed by atoms with Gasteiger partial charge in [-0.3, -0.25) is 9.48 Å². The number of aryl methyl sites for hydroxylation is 1. The first-order chi connectivity index (χ1) is 9.60. The molecule has 20 heavy (non-hydrogen) atoms. The molecule has 2 N–H and O–H groups in total. The summed E-state index contributed by atoms with van der Waals surface area (Å²) >= 11 is 0. The number of aromatic nitrogens is 2. The lowest BCUT2D eigenvalue weighted by Crippen LogP contribution is -2.11. The quantitative estimate of drug-likeness (QED) is 0.872. The molecule has 0 aliphatic rings. The number of nitrogens with one attached hydrogen (secondary N) is 1. The minimum atomic E-state index is -0.237. The molecule has 2 rings (SSSR count). The molecule has 1 heterocycles. The molecule has 0 saturated heterocycles. The van der Waals surface area contributed by atoms with Gasteiger partial charge in [-0.05, 0) is 30.7 Å². The predicted octanol–water partition coefficient (Wildman–Crippen LogP) is 1.80. The van der Waals surface area contributed by atoms with E-state index in [9.17, 15) is 9.90 Å². The van der Waals surface area contributed by atoms with Crippen molar-refractivity contribution in [3.63, 3.8) is 0 Å². The summed E-state index contributed by atoms with van der Waals surface area (Å²) in [5.41, 5.74) is 1.77. The third kappa shape index (κ3) is 3.36. The van der Waals surface area contributed by atoms with E-state index in [1.54, 1.807) is 43.2 Å². The third-order valence-corrected chi connectivity index (χ3v) is 2.87. The summed E-state index contributed by atoms with van der Waals surface area (Å²) in [6.07, 6.45) is 3.32. The number of carbonyl (C=O) groups is 1. The maximum atomic E-state index is 12.0. The average Bonchev–Trinajstić information content (AvgIpc) is 2.87. The van der Waals surface area contributed by atoms with E-state index in [1.165, 1.54) is 6.07 Å². The van der Waals surface area contributed by atoms with E-state index in [1.807, 2.05) is 0 Å². The molecule has 1 aromatic carbocycles. The molecular weight excluding hydrogens is 258 g/mol. The molecule has 6 heteroatoms. The molecule has 0 fully saturated rings. The van der Waals surface area contributed by atoms with Crippen molar-refractivity contribution < 1.29 is 14.6 Å². The van der Waals surface area contributed by atoms with Crippen LogP contribution in [-0.2, 0) is 11.3 Å². The number of phenolic OH excluding ortho intramolecular Hbond substituents is 1. The van der Waals surface area contributed by atoms with Crippen LogP contribution in [0.4, 0.5) is 5.69 Å². The number of ether oxygens (including phenoxy) is 1. The van der Waals surface area contributed by atoms with Gasteiger partial charge in [0.25, 0.3) is 5.91 Å². The SMILES string of the molecule is COCCn1cc(NC(=O)c2ccc(O)c(C)c2)cn1. The summed E-state index contributed by atoms with van der Waals surface area (Å²) in [5, 5.41) is 16.3. The smallest absolute Gasteiger partial charge is 0.255 e. The van der Waals surface area contributed by atoms with Crippen LogP contribution in [0.25, 0.3) is 0 Å². The second kappa shape index (κ2) is 6.21. The van der Waals surface area contributed by atoms with Crippen molar-refractivity contribution in [3.05, 3.63) is 41.7 Å². The molecule has 106 valence electrons. The summed E-state index contributed by atoms with van der Waals surface area (Å²) in [6.45, 7) is 2.94. The number of hydrogen-bond acceptors (Lipinski definition) is 4. The summed E-state index contributed by atoms with van der Waals surface area (Å²) in [5.74, 6) is -0.0617. The molecule has 6 nitrogen and oxygen atoms in total. The van der Waals surface area contributed by atoms with E-state index in [-0.39, 0.29) is 11.7 Å². The Kier molecular flexibility index (Phi) is 4.37. The van der Waals surface area contributed by atoms with Crippen molar-refractivity contribution in [2.24, 2.45) is 0 Å². The van der Waals surface area contributed by atoms with Gasteiger partial charge in [-0.1, -0.05) is 0 Å². The van der Waals surface area contributed by atoms with Crippen LogP contribution < -0.4 is 5.32 Å².